The van der Waals surface area contributed by atoms with Gasteiger partial charge in [0.05, 0.1) is 24.0 Å². The first-order valence-corrected chi connectivity index (χ1v) is 10.5. The number of carbonyl (C=O) groups excluding carboxylic acids is 1. The zero-order valence-corrected chi connectivity index (χ0v) is 17.9. The average Bonchev–Trinajstić information content (AvgIpc) is 3.50. The Morgan fingerprint density at radius 1 is 1.12 bits per heavy atom. The number of anilines is 1. The number of hydrogen-bond acceptors (Lipinski definition) is 7. The Kier molecular flexibility index (Phi) is 5.02. The fourth-order valence-electron chi connectivity index (χ4n) is 4.82. The highest BCUT2D eigenvalue weighted by Gasteiger charge is 2.52. The van der Waals surface area contributed by atoms with Gasteiger partial charge in [-0.2, -0.15) is 23.4 Å². The fraction of sp³-hybridized carbons (Fsp3) is 0.429. The number of alkyl halides is 3. The second kappa shape index (κ2) is 7.78. The van der Waals surface area contributed by atoms with Gasteiger partial charge in [0.25, 0.3) is 5.91 Å². The van der Waals surface area contributed by atoms with Gasteiger partial charge < -0.3 is 10.2 Å². The maximum absolute atomic E-state index is 13.7. The van der Waals surface area contributed by atoms with E-state index in [-0.39, 0.29) is 41.6 Å². The lowest BCUT2D eigenvalue weighted by Gasteiger charge is -2.38. The summed E-state index contributed by atoms with van der Waals surface area (Å²) in [5.41, 5.74) is 0.534. The summed E-state index contributed by atoms with van der Waals surface area (Å²) in [5.74, 6) is 0.128. The first-order valence-electron chi connectivity index (χ1n) is 10.5. The van der Waals surface area contributed by atoms with Crippen LogP contribution in [0, 0.1) is 12.8 Å². The number of hydrogen-bond donors (Lipinski definition) is 1. The van der Waals surface area contributed by atoms with Gasteiger partial charge in [-0.15, -0.1) is 4.80 Å². The Morgan fingerprint density at radius 3 is 2.45 bits per heavy atom. The molecular formula is C21H21F3N8O. The number of pyridine rings is 1. The molecule has 0 radical (unpaired) electrons. The van der Waals surface area contributed by atoms with Crippen molar-refractivity contribution in [2.45, 2.75) is 51.0 Å². The molecule has 1 aliphatic carbocycles. The van der Waals surface area contributed by atoms with Crippen LogP contribution in [0.4, 0.5) is 19.1 Å². The molecule has 4 unspecified atom stereocenters. The van der Waals surface area contributed by atoms with Gasteiger partial charge in [-0.1, -0.05) is 0 Å². The van der Waals surface area contributed by atoms with Crippen molar-refractivity contribution < 1.29 is 18.0 Å². The van der Waals surface area contributed by atoms with E-state index in [0.29, 0.717) is 11.4 Å². The topological polar surface area (TPSA) is 102 Å². The lowest BCUT2D eigenvalue weighted by molar-refractivity contribution is -0.138. The highest BCUT2D eigenvalue weighted by molar-refractivity contribution is 5.96. The van der Waals surface area contributed by atoms with Crippen LogP contribution in [0.25, 0.3) is 5.69 Å². The summed E-state index contributed by atoms with van der Waals surface area (Å²) in [6.07, 6.45) is 1.63. The highest BCUT2D eigenvalue weighted by Crippen LogP contribution is 2.44. The Hall–Kier alpha value is -3.57. The molecule has 1 amide bonds. The van der Waals surface area contributed by atoms with Crippen LogP contribution in [0.2, 0.25) is 0 Å². The molecule has 1 aliphatic heterocycles. The second-order valence-corrected chi connectivity index (χ2v) is 8.43. The Bertz CT molecular complexity index is 1170. The largest absolute Gasteiger partial charge is 0.419 e. The van der Waals surface area contributed by atoms with Crippen LogP contribution in [-0.2, 0) is 6.18 Å². The zero-order chi connectivity index (χ0) is 23.3. The highest BCUT2D eigenvalue weighted by atomic mass is 19.4. The van der Waals surface area contributed by atoms with E-state index < -0.39 is 11.7 Å². The lowest BCUT2D eigenvalue weighted by atomic mass is 9.97. The Morgan fingerprint density at radius 2 is 1.82 bits per heavy atom. The molecule has 2 aliphatic rings. The summed E-state index contributed by atoms with van der Waals surface area (Å²) < 4.78 is 38.4. The van der Waals surface area contributed by atoms with Crippen LogP contribution < -0.4 is 5.32 Å². The van der Waals surface area contributed by atoms with Gasteiger partial charge in [-0.25, -0.2) is 15.0 Å². The molecule has 1 N–H and O–H groups in total. The number of amides is 1. The number of likely N-dealkylation sites (tertiary alicyclic amines) is 1. The van der Waals surface area contributed by atoms with Crippen molar-refractivity contribution in [1.29, 1.82) is 0 Å². The van der Waals surface area contributed by atoms with Crippen molar-refractivity contribution in [1.82, 2.24) is 34.8 Å². The first kappa shape index (κ1) is 21.3. The molecule has 172 valence electrons. The van der Waals surface area contributed by atoms with Gasteiger partial charge in [0, 0.05) is 30.2 Å². The van der Waals surface area contributed by atoms with Crippen molar-refractivity contribution in [2.24, 2.45) is 5.92 Å². The van der Waals surface area contributed by atoms with Gasteiger partial charge in [-0.05, 0) is 44.7 Å². The molecule has 4 heterocycles. The van der Waals surface area contributed by atoms with E-state index in [4.69, 9.17) is 0 Å². The predicted molar refractivity (Wildman–Crippen MR) is 110 cm³/mol. The molecule has 4 atom stereocenters. The number of carbonyl (C=O) groups is 1. The van der Waals surface area contributed by atoms with Crippen molar-refractivity contribution in [3.8, 4) is 5.69 Å². The van der Waals surface area contributed by atoms with E-state index >= 15 is 0 Å². The third kappa shape index (κ3) is 3.79. The molecule has 12 heteroatoms. The van der Waals surface area contributed by atoms with Crippen LogP contribution in [0.15, 0.2) is 36.9 Å². The summed E-state index contributed by atoms with van der Waals surface area (Å²) in [6, 6.07) is 3.21. The van der Waals surface area contributed by atoms with E-state index in [2.05, 4.69) is 30.5 Å². The van der Waals surface area contributed by atoms with E-state index in [9.17, 15) is 18.0 Å². The molecule has 2 fully saturated rings. The van der Waals surface area contributed by atoms with Crippen molar-refractivity contribution in [3.63, 3.8) is 0 Å². The van der Waals surface area contributed by atoms with E-state index in [1.165, 1.54) is 17.2 Å². The van der Waals surface area contributed by atoms with Crippen molar-refractivity contribution >= 4 is 11.9 Å². The summed E-state index contributed by atoms with van der Waals surface area (Å²) >= 11 is 0. The lowest BCUT2D eigenvalue weighted by Crippen LogP contribution is -2.52. The van der Waals surface area contributed by atoms with Crippen LogP contribution in [0.1, 0.15) is 41.5 Å². The molecular weight excluding hydrogens is 437 g/mol. The SMILES string of the molecule is Cc1ccc(-n2nccn2)c(C(=O)N2C(C)C3CC(Nc4ncc(C(F)(F)F)cn4)C2C3)n1. The van der Waals surface area contributed by atoms with Crippen LogP contribution in [0.5, 0.6) is 0 Å². The first-order chi connectivity index (χ1) is 15.7. The second-order valence-electron chi connectivity index (χ2n) is 8.43. The number of piperidine rings is 1. The van der Waals surface area contributed by atoms with E-state index in [1.54, 1.807) is 12.1 Å². The Balaban J connectivity index is 1.40. The van der Waals surface area contributed by atoms with E-state index in [0.717, 1.165) is 25.2 Å². The number of aromatic nitrogens is 6. The molecule has 5 rings (SSSR count). The minimum Gasteiger partial charge on any atom is -0.349 e. The van der Waals surface area contributed by atoms with Gasteiger partial charge in [0.1, 0.15) is 5.69 Å². The molecule has 3 aromatic heterocycles. The smallest absolute Gasteiger partial charge is 0.349 e. The standard InChI is InChI=1S/C21H21F3N8O/c1-11-3-4-16(32-27-5-6-28-32)18(29-11)19(33)31-12(2)13-7-15(17(31)8-13)30-20-25-9-14(10-26-20)21(22,23)24/h3-6,9-10,12-13,15,17H,7-8H2,1-2H3,(H,25,26,30). The summed E-state index contributed by atoms with van der Waals surface area (Å²) in [5, 5.41) is 11.4. The molecule has 33 heavy (non-hydrogen) atoms. The van der Waals surface area contributed by atoms with Crippen LogP contribution in [-0.4, -0.2) is 58.9 Å². The van der Waals surface area contributed by atoms with Gasteiger partial charge >= 0.3 is 6.18 Å². The number of halogens is 3. The third-order valence-electron chi connectivity index (χ3n) is 6.42. The normalized spacial score (nSPS) is 24.3. The maximum Gasteiger partial charge on any atom is 0.419 e. The van der Waals surface area contributed by atoms with Crippen molar-refractivity contribution in [2.75, 3.05) is 5.32 Å². The minimum atomic E-state index is -4.49. The van der Waals surface area contributed by atoms with Gasteiger partial charge in [-0.3, -0.25) is 4.79 Å². The molecule has 1 saturated carbocycles. The average molecular weight is 458 g/mol. The number of aryl methyl sites for hydroxylation is 1. The van der Waals surface area contributed by atoms with Crippen LogP contribution >= 0.6 is 0 Å². The summed E-state index contributed by atoms with van der Waals surface area (Å²) in [7, 11) is 0. The number of nitrogens with one attached hydrogen (secondary N) is 1. The number of rotatable bonds is 4. The predicted octanol–water partition coefficient (Wildman–Crippen LogP) is 2.88. The maximum atomic E-state index is 13.7. The summed E-state index contributed by atoms with van der Waals surface area (Å²) in [6.45, 7) is 3.82. The van der Waals surface area contributed by atoms with Crippen molar-refractivity contribution in [3.05, 3.63) is 53.9 Å². The zero-order valence-electron chi connectivity index (χ0n) is 17.9. The molecule has 0 aromatic carbocycles. The molecule has 9 nitrogen and oxygen atoms in total. The molecule has 1 saturated heterocycles. The van der Waals surface area contributed by atoms with Gasteiger partial charge in [0.2, 0.25) is 5.95 Å². The quantitative estimate of drug-likeness (QED) is 0.642. The van der Waals surface area contributed by atoms with Gasteiger partial charge in [0.15, 0.2) is 5.69 Å². The minimum absolute atomic E-state index is 0.00480. The molecule has 0 spiro atoms. The van der Waals surface area contributed by atoms with Crippen LogP contribution in [0.3, 0.4) is 0 Å². The molecule has 2 bridgehead atoms. The monoisotopic (exact) mass is 458 g/mol. The molecule has 3 aromatic rings. The number of fused-ring (bicyclic) bond motifs is 2. The summed E-state index contributed by atoms with van der Waals surface area (Å²) in [4.78, 5) is 29.0. The Labute approximate surface area is 187 Å². The van der Waals surface area contributed by atoms with E-state index in [1.807, 2.05) is 18.7 Å². The third-order valence-corrected chi connectivity index (χ3v) is 6.42. The fourth-order valence-corrected chi connectivity index (χ4v) is 4.82. The number of nitrogens with zero attached hydrogens (tertiary/aromatic N) is 7.